The number of rotatable bonds is 7. The van der Waals surface area contributed by atoms with E-state index in [1.165, 1.54) is 0 Å². The van der Waals surface area contributed by atoms with Crippen molar-refractivity contribution >= 4 is 5.91 Å². The molecule has 1 amide bonds. The van der Waals surface area contributed by atoms with E-state index in [0.29, 0.717) is 17.5 Å². The van der Waals surface area contributed by atoms with Crippen LogP contribution >= 0.6 is 0 Å². The minimum Gasteiger partial charge on any atom is -0.337 e. The van der Waals surface area contributed by atoms with E-state index in [-0.39, 0.29) is 5.91 Å². The minimum atomic E-state index is -0.00519. The highest BCUT2D eigenvalue weighted by Gasteiger charge is 2.17. The summed E-state index contributed by atoms with van der Waals surface area (Å²) in [5.74, 6) is 1.18. The lowest BCUT2D eigenvalue weighted by Crippen LogP contribution is -2.34. The van der Waals surface area contributed by atoms with Crippen LogP contribution < -0.4 is 0 Å². The summed E-state index contributed by atoms with van der Waals surface area (Å²) in [6, 6.07) is 0. The third-order valence-electron chi connectivity index (χ3n) is 3.02. The monoisotopic (exact) mass is 263 g/mol. The van der Waals surface area contributed by atoms with Gasteiger partial charge in [-0.1, -0.05) is 27.7 Å². The highest BCUT2D eigenvalue weighted by Crippen LogP contribution is 2.09. The van der Waals surface area contributed by atoms with Crippen molar-refractivity contribution in [2.45, 2.75) is 40.5 Å². The van der Waals surface area contributed by atoms with Crippen molar-refractivity contribution in [1.82, 2.24) is 14.9 Å². The molecule has 0 aromatic carbocycles. The molecule has 0 aliphatic heterocycles. The smallest absolute Gasteiger partial charge is 0.274 e. The van der Waals surface area contributed by atoms with Crippen LogP contribution in [-0.4, -0.2) is 33.9 Å². The van der Waals surface area contributed by atoms with Gasteiger partial charge in [-0.05, 0) is 24.7 Å². The number of carbonyl (C=O) groups is 1. The molecule has 0 spiro atoms. The van der Waals surface area contributed by atoms with Crippen LogP contribution in [0.3, 0.4) is 0 Å². The zero-order valence-corrected chi connectivity index (χ0v) is 12.5. The molecule has 0 unspecified atom stereocenters. The van der Waals surface area contributed by atoms with Crippen LogP contribution in [0.5, 0.6) is 0 Å². The highest BCUT2D eigenvalue weighted by molar-refractivity contribution is 5.91. The average Bonchev–Trinajstić information content (AvgIpc) is 2.38. The van der Waals surface area contributed by atoms with Crippen molar-refractivity contribution < 1.29 is 4.79 Å². The SMILES string of the molecule is CC(C)CCN(CCC(C)C)C(=O)c1cnccn1. The summed E-state index contributed by atoms with van der Waals surface area (Å²) in [5.41, 5.74) is 0.440. The molecule has 0 atom stereocenters. The van der Waals surface area contributed by atoms with E-state index in [0.717, 1.165) is 25.9 Å². The zero-order chi connectivity index (χ0) is 14.3. The Labute approximate surface area is 116 Å². The van der Waals surface area contributed by atoms with Gasteiger partial charge in [-0.2, -0.15) is 0 Å². The Hall–Kier alpha value is -1.45. The molecule has 0 N–H and O–H groups in total. The van der Waals surface area contributed by atoms with Crippen molar-refractivity contribution in [1.29, 1.82) is 0 Å². The van der Waals surface area contributed by atoms with Crippen molar-refractivity contribution in [3.05, 3.63) is 24.3 Å². The third kappa shape index (κ3) is 5.81. The fourth-order valence-corrected chi connectivity index (χ4v) is 1.71. The van der Waals surface area contributed by atoms with Crippen LogP contribution in [-0.2, 0) is 0 Å². The molecule has 0 fully saturated rings. The third-order valence-corrected chi connectivity index (χ3v) is 3.02. The molecule has 1 aromatic rings. The summed E-state index contributed by atoms with van der Waals surface area (Å²) >= 11 is 0. The molecule has 4 nitrogen and oxygen atoms in total. The molecule has 106 valence electrons. The Morgan fingerprint density at radius 2 is 1.68 bits per heavy atom. The summed E-state index contributed by atoms with van der Waals surface area (Å²) < 4.78 is 0. The molecule has 1 rings (SSSR count). The second kappa shape index (κ2) is 7.87. The van der Waals surface area contributed by atoms with Gasteiger partial charge in [0.2, 0.25) is 0 Å². The van der Waals surface area contributed by atoms with E-state index in [2.05, 4.69) is 37.7 Å². The van der Waals surface area contributed by atoms with Gasteiger partial charge in [0.1, 0.15) is 5.69 Å². The molecule has 0 saturated carbocycles. The van der Waals surface area contributed by atoms with Crippen LogP contribution in [0.25, 0.3) is 0 Å². The lowest BCUT2D eigenvalue weighted by atomic mass is 10.1. The number of hydrogen-bond donors (Lipinski definition) is 0. The van der Waals surface area contributed by atoms with Gasteiger partial charge in [0.25, 0.3) is 5.91 Å². The number of carbonyl (C=O) groups excluding carboxylic acids is 1. The molecule has 0 bridgehead atoms. The lowest BCUT2D eigenvalue weighted by Gasteiger charge is -2.24. The number of nitrogens with zero attached hydrogens (tertiary/aromatic N) is 3. The maximum absolute atomic E-state index is 12.4. The van der Waals surface area contributed by atoms with E-state index < -0.39 is 0 Å². The summed E-state index contributed by atoms with van der Waals surface area (Å²) in [7, 11) is 0. The standard InChI is InChI=1S/C15H25N3O/c1-12(2)5-9-18(10-6-13(3)4)15(19)14-11-16-7-8-17-14/h7-8,11-13H,5-6,9-10H2,1-4H3. The first-order valence-electron chi connectivity index (χ1n) is 7.06. The van der Waals surface area contributed by atoms with E-state index in [4.69, 9.17) is 0 Å². The van der Waals surface area contributed by atoms with Gasteiger partial charge in [-0.15, -0.1) is 0 Å². The minimum absolute atomic E-state index is 0.00519. The molecule has 0 saturated heterocycles. The Bertz CT molecular complexity index is 364. The van der Waals surface area contributed by atoms with E-state index in [1.54, 1.807) is 18.6 Å². The number of amides is 1. The molecule has 0 aliphatic carbocycles. The van der Waals surface area contributed by atoms with Gasteiger partial charge in [-0.3, -0.25) is 9.78 Å². The Morgan fingerprint density at radius 3 is 2.11 bits per heavy atom. The molecule has 0 radical (unpaired) electrons. The van der Waals surface area contributed by atoms with Gasteiger partial charge < -0.3 is 4.90 Å². The average molecular weight is 263 g/mol. The predicted octanol–water partition coefficient (Wildman–Crippen LogP) is 3.01. The zero-order valence-electron chi connectivity index (χ0n) is 12.5. The molecule has 0 aliphatic rings. The van der Waals surface area contributed by atoms with Crippen molar-refractivity contribution in [2.75, 3.05) is 13.1 Å². The van der Waals surface area contributed by atoms with Crippen molar-refractivity contribution in [2.24, 2.45) is 11.8 Å². The van der Waals surface area contributed by atoms with Crippen LogP contribution in [0.4, 0.5) is 0 Å². The first-order chi connectivity index (χ1) is 9.00. The first-order valence-corrected chi connectivity index (χ1v) is 7.06. The largest absolute Gasteiger partial charge is 0.337 e. The maximum Gasteiger partial charge on any atom is 0.274 e. The number of aromatic nitrogens is 2. The van der Waals surface area contributed by atoms with Crippen molar-refractivity contribution in [3.63, 3.8) is 0 Å². The fourth-order valence-electron chi connectivity index (χ4n) is 1.71. The Morgan fingerprint density at radius 1 is 1.11 bits per heavy atom. The van der Waals surface area contributed by atoms with Gasteiger partial charge in [0.05, 0.1) is 6.20 Å². The van der Waals surface area contributed by atoms with Crippen LogP contribution in [0.2, 0.25) is 0 Å². The molecular formula is C15H25N3O. The second-order valence-electron chi connectivity index (χ2n) is 5.75. The summed E-state index contributed by atoms with van der Waals surface area (Å²) in [6.07, 6.45) is 6.73. The number of hydrogen-bond acceptors (Lipinski definition) is 3. The molecule has 19 heavy (non-hydrogen) atoms. The molecule has 1 heterocycles. The Kier molecular flexibility index (Phi) is 6.46. The van der Waals surface area contributed by atoms with Crippen LogP contribution in [0, 0.1) is 11.8 Å². The maximum atomic E-state index is 12.4. The van der Waals surface area contributed by atoms with E-state index >= 15 is 0 Å². The van der Waals surface area contributed by atoms with Gasteiger partial charge in [0, 0.05) is 25.5 Å². The highest BCUT2D eigenvalue weighted by atomic mass is 16.2. The second-order valence-corrected chi connectivity index (χ2v) is 5.75. The van der Waals surface area contributed by atoms with E-state index in [1.807, 2.05) is 4.90 Å². The Balaban J connectivity index is 2.68. The topological polar surface area (TPSA) is 46.1 Å². The summed E-state index contributed by atoms with van der Waals surface area (Å²) in [6.45, 7) is 10.3. The van der Waals surface area contributed by atoms with Gasteiger partial charge in [0.15, 0.2) is 0 Å². The van der Waals surface area contributed by atoms with Gasteiger partial charge in [-0.25, -0.2) is 4.98 Å². The first kappa shape index (κ1) is 15.6. The predicted molar refractivity (Wildman–Crippen MR) is 76.8 cm³/mol. The molecular weight excluding hydrogens is 238 g/mol. The van der Waals surface area contributed by atoms with Crippen LogP contribution in [0.15, 0.2) is 18.6 Å². The van der Waals surface area contributed by atoms with Gasteiger partial charge >= 0.3 is 0 Å². The molecule has 1 aromatic heterocycles. The summed E-state index contributed by atoms with van der Waals surface area (Å²) in [5, 5.41) is 0. The summed E-state index contributed by atoms with van der Waals surface area (Å²) in [4.78, 5) is 22.4. The normalized spacial score (nSPS) is 11.1. The fraction of sp³-hybridized carbons (Fsp3) is 0.667. The van der Waals surface area contributed by atoms with Crippen LogP contribution in [0.1, 0.15) is 51.0 Å². The lowest BCUT2D eigenvalue weighted by molar-refractivity contribution is 0.0734. The quantitative estimate of drug-likeness (QED) is 0.759. The molecule has 4 heteroatoms. The van der Waals surface area contributed by atoms with E-state index in [9.17, 15) is 4.79 Å². The van der Waals surface area contributed by atoms with Crippen molar-refractivity contribution in [3.8, 4) is 0 Å².